The molecule has 37 heavy (non-hydrogen) atoms. The molecule has 9 nitrogen and oxygen atoms in total. The zero-order valence-corrected chi connectivity index (χ0v) is 25.1. The largest absolute Gasteiger partial charge is 0.481 e. The third-order valence-corrected chi connectivity index (χ3v) is 7.04. The molecule has 2 atom stereocenters. The molecule has 0 aromatic rings. The number of phosphoric ester groups is 1. The molecule has 0 aliphatic rings. The predicted molar refractivity (Wildman–Crippen MR) is 148 cm³/mol. The number of carbonyl (C=O) groups is 1. The number of likely N-dealkylation sites (N-methyl/N-ethyl adjacent to an activating group) is 1. The van der Waals surface area contributed by atoms with E-state index in [9.17, 15) is 14.3 Å². The molecule has 0 radical (unpaired) electrons. The maximum atomic E-state index is 12.1. The van der Waals surface area contributed by atoms with Gasteiger partial charge in [0.15, 0.2) is 0 Å². The van der Waals surface area contributed by atoms with Crippen molar-refractivity contribution >= 4 is 13.8 Å². The quantitative estimate of drug-likeness (QED) is 0.0670. The van der Waals surface area contributed by atoms with Crippen molar-refractivity contribution in [3.63, 3.8) is 0 Å². The molecule has 2 N–H and O–H groups in total. The summed E-state index contributed by atoms with van der Waals surface area (Å²) in [6, 6.07) is 0. The van der Waals surface area contributed by atoms with Crippen LogP contribution in [0, 0.1) is 0 Å². The van der Waals surface area contributed by atoms with E-state index in [0.29, 0.717) is 17.6 Å². The molecule has 0 aliphatic heterocycles. The van der Waals surface area contributed by atoms with Crippen LogP contribution in [0.25, 0.3) is 0 Å². The summed E-state index contributed by atoms with van der Waals surface area (Å²) in [6.07, 6.45) is 17.3. The van der Waals surface area contributed by atoms with E-state index >= 15 is 0 Å². The first-order valence-electron chi connectivity index (χ1n) is 14.4. The number of phosphoric acid groups is 1. The summed E-state index contributed by atoms with van der Waals surface area (Å²) in [5.74, 6) is -0.973. The molecule has 0 spiro atoms. The molecule has 222 valence electrons. The Morgan fingerprint density at radius 2 is 1.27 bits per heavy atom. The Labute approximate surface area is 226 Å². The fraction of sp³-hybridized carbons (Fsp3) is 0.963. The van der Waals surface area contributed by atoms with Gasteiger partial charge in [0.25, 0.3) is 0 Å². The van der Waals surface area contributed by atoms with Crippen LogP contribution in [-0.2, 0) is 27.9 Å². The highest BCUT2D eigenvalue weighted by molar-refractivity contribution is 7.47. The Morgan fingerprint density at radius 1 is 0.757 bits per heavy atom. The van der Waals surface area contributed by atoms with E-state index in [0.717, 1.165) is 12.8 Å². The van der Waals surface area contributed by atoms with Crippen LogP contribution in [0.5, 0.6) is 0 Å². The lowest BCUT2D eigenvalue weighted by molar-refractivity contribution is -0.870. The third kappa shape index (κ3) is 28.3. The van der Waals surface area contributed by atoms with Crippen LogP contribution in [0.2, 0.25) is 0 Å². The summed E-state index contributed by atoms with van der Waals surface area (Å²) >= 11 is 0. The van der Waals surface area contributed by atoms with E-state index in [2.05, 4.69) is 6.92 Å². The summed E-state index contributed by atoms with van der Waals surface area (Å²) in [4.78, 5) is 20.7. The molecule has 0 amide bonds. The molecule has 0 aliphatic carbocycles. The van der Waals surface area contributed by atoms with Gasteiger partial charge in [-0.05, 0) is 6.42 Å². The second-order valence-electron chi connectivity index (χ2n) is 10.9. The Bertz CT molecular complexity index is 585. The normalized spacial score (nSPS) is 14.5. The summed E-state index contributed by atoms with van der Waals surface area (Å²) < 4.78 is 34.0. The van der Waals surface area contributed by atoms with Gasteiger partial charge in [0.05, 0.1) is 47.4 Å². The maximum absolute atomic E-state index is 12.1. The highest BCUT2D eigenvalue weighted by atomic mass is 31.2. The third-order valence-electron chi connectivity index (χ3n) is 6.06. The monoisotopic (exact) mass is 554 g/mol. The number of nitrogens with zero attached hydrogens (tertiary/aromatic N) is 1. The lowest BCUT2D eigenvalue weighted by Crippen LogP contribution is -2.37. The van der Waals surface area contributed by atoms with Gasteiger partial charge < -0.3 is 24.0 Å². The molecular formula is C27H57NO8P+. The Kier molecular flexibility index (Phi) is 23.0. The van der Waals surface area contributed by atoms with E-state index in [4.69, 9.17) is 23.6 Å². The second kappa shape index (κ2) is 23.4. The molecule has 0 aromatic carbocycles. The minimum absolute atomic E-state index is 0.0241. The van der Waals surface area contributed by atoms with Crippen molar-refractivity contribution in [2.24, 2.45) is 0 Å². The van der Waals surface area contributed by atoms with Crippen molar-refractivity contribution < 1.29 is 42.4 Å². The van der Waals surface area contributed by atoms with E-state index in [1.165, 1.54) is 77.0 Å². The SMILES string of the molecule is CCCCCCCCCCCCCCCCOCC(COP(=O)(O)OCC[N+](C)(C)C)OCCC(=O)O. The van der Waals surface area contributed by atoms with E-state index < -0.39 is 19.9 Å². The maximum Gasteiger partial charge on any atom is 0.472 e. The summed E-state index contributed by atoms with van der Waals surface area (Å²) in [5, 5.41) is 8.82. The molecule has 0 aromatic heterocycles. The van der Waals surface area contributed by atoms with Gasteiger partial charge >= 0.3 is 13.8 Å². The number of carboxylic acids is 1. The summed E-state index contributed by atoms with van der Waals surface area (Å²) in [5.41, 5.74) is 0. The Balaban J connectivity index is 3.92. The van der Waals surface area contributed by atoms with Gasteiger partial charge in [0.2, 0.25) is 0 Å². The fourth-order valence-electron chi connectivity index (χ4n) is 3.72. The van der Waals surface area contributed by atoms with Crippen LogP contribution < -0.4 is 0 Å². The number of rotatable bonds is 28. The van der Waals surface area contributed by atoms with Crippen molar-refractivity contribution in [3.8, 4) is 0 Å². The van der Waals surface area contributed by atoms with Crippen molar-refractivity contribution in [3.05, 3.63) is 0 Å². The van der Waals surface area contributed by atoms with Gasteiger partial charge in [0, 0.05) is 6.61 Å². The van der Waals surface area contributed by atoms with Gasteiger partial charge in [0.1, 0.15) is 19.3 Å². The van der Waals surface area contributed by atoms with Gasteiger partial charge in [-0.15, -0.1) is 0 Å². The van der Waals surface area contributed by atoms with Crippen molar-refractivity contribution in [2.75, 3.05) is 60.7 Å². The van der Waals surface area contributed by atoms with Crippen LogP contribution in [0.3, 0.4) is 0 Å². The topological polar surface area (TPSA) is 112 Å². The number of unbranched alkanes of at least 4 members (excludes halogenated alkanes) is 13. The molecule has 0 saturated carbocycles. The number of aliphatic carboxylic acids is 1. The average Bonchev–Trinajstić information content (AvgIpc) is 2.80. The number of carboxylic acid groups (broad SMARTS) is 1. The smallest absolute Gasteiger partial charge is 0.472 e. The fourth-order valence-corrected chi connectivity index (χ4v) is 4.46. The lowest BCUT2D eigenvalue weighted by Gasteiger charge is -2.24. The molecule has 0 fully saturated rings. The highest BCUT2D eigenvalue weighted by Crippen LogP contribution is 2.43. The Morgan fingerprint density at radius 3 is 1.76 bits per heavy atom. The van der Waals surface area contributed by atoms with Gasteiger partial charge in [-0.3, -0.25) is 13.8 Å². The molecule has 2 unspecified atom stereocenters. The molecule has 0 rings (SSSR count). The summed E-state index contributed by atoms with van der Waals surface area (Å²) in [6.45, 7) is 3.38. The van der Waals surface area contributed by atoms with Crippen molar-refractivity contribution in [1.29, 1.82) is 0 Å². The minimum Gasteiger partial charge on any atom is -0.481 e. The van der Waals surface area contributed by atoms with Crippen LogP contribution in [-0.4, -0.2) is 87.3 Å². The van der Waals surface area contributed by atoms with E-state index in [-0.39, 0.29) is 32.8 Å². The van der Waals surface area contributed by atoms with Crippen LogP contribution in [0.15, 0.2) is 0 Å². The van der Waals surface area contributed by atoms with Gasteiger partial charge in [-0.1, -0.05) is 90.4 Å². The summed E-state index contributed by atoms with van der Waals surface area (Å²) in [7, 11) is 1.64. The first kappa shape index (κ1) is 36.5. The van der Waals surface area contributed by atoms with E-state index in [1.54, 1.807) is 0 Å². The first-order valence-corrected chi connectivity index (χ1v) is 15.9. The molecule has 10 heteroatoms. The van der Waals surface area contributed by atoms with Gasteiger partial charge in [-0.2, -0.15) is 0 Å². The lowest BCUT2D eigenvalue weighted by atomic mass is 10.0. The molecule has 0 saturated heterocycles. The zero-order chi connectivity index (χ0) is 27.8. The second-order valence-corrected chi connectivity index (χ2v) is 12.4. The number of hydrogen-bond donors (Lipinski definition) is 2. The average molecular weight is 555 g/mol. The minimum atomic E-state index is -4.22. The van der Waals surface area contributed by atoms with Gasteiger partial charge in [-0.25, -0.2) is 4.57 Å². The Hall–Kier alpha value is -0.540. The zero-order valence-electron chi connectivity index (χ0n) is 24.2. The van der Waals surface area contributed by atoms with Crippen LogP contribution >= 0.6 is 7.82 Å². The number of quaternary nitrogens is 1. The number of ether oxygens (including phenoxy) is 2. The molecular weight excluding hydrogens is 497 g/mol. The van der Waals surface area contributed by atoms with E-state index in [1.807, 2.05) is 21.1 Å². The molecule has 0 heterocycles. The first-order chi connectivity index (χ1) is 17.6. The molecule has 0 bridgehead atoms. The van der Waals surface area contributed by atoms with Crippen LogP contribution in [0.1, 0.15) is 103 Å². The standard InChI is InChI=1S/C27H56NO8P/c1-5-6-7-8-9-10-11-12-13-14-15-16-17-18-21-33-24-26(34-22-19-27(29)30)25-36-37(31,32)35-23-20-28(2,3)4/h26H,5-25H2,1-4H3,(H-,29,30,31,32)/p+1. The predicted octanol–water partition coefficient (Wildman–Crippen LogP) is 6.18. The highest BCUT2D eigenvalue weighted by Gasteiger charge is 2.25. The van der Waals surface area contributed by atoms with Crippen molar-refractivity contribution in [2.45, 2.75) is 109 Å². The van der Waals surface area contributed by atoms with Crippen molar-refractivity contribution in [1.82, 2.24) is 0 Å². The number of hydrogen-bond acceptors (Lipinski definition) is 6. The van der Waals surface area contributed by atoms with Crippen LogP contribution in [0.4, 0.5) is 0 Å².